The molecule has 1 fully saturated rings. The van der Waals surface area contributed by atoms with Gasteiger partial charge in [-0.3, -0.25) is 0 Å². The molecule has 1 aromatic rings. The Hall–Kier alpha value is -1.58. The van der Waals surface area contributed by atoms with Gasteiger partial charge in [-0.2, -0.15) is 4.98 Å². The molecule has 1 heterocycles. The van der Waals surface area contributed by atoms with Crippen LogP contribution in [0.4, 0.5) is 11.8 Å². The van der Waals surface area contributed by atoms with Crippen LogP contribution in [-0.4, -0.2) is 23.1 Å². The fraction of sp³-hybridized carbons (Fsp3) is 0.625. The van der Waals surface area contributed by atoms with E-state index in [1.54, 1.807) is 0 Å². The molecule has 4 unspecified atom stereocenters. The lowest BCUT2D eigenvalue weighted by Gasteiger charge is -2.32. The molecule has 20 heavy (non-hydrogen) atoms. The van der Waals surface area contributed by atoms with Crippen LogP contribution in [0.2, 0.25) is 0 Å². The molecule has 0 aliphatic heterocycles. The van der Waals surface area contributed by atoms with E-state index < -0.39 is 0 Å². The third-order valence-corrected chi connectivity index (χ3v) is 4.79. The molecule has 2 aliphatic carbocycles. The Bertz CT molecular complexity index is 523. The molecule has 4 atom stereocenters. The number of hydrogen-bond acceptors (Lipinski definition) is 4. The number of rotatable bonds is 4. The summed E-state index contributed by atoms with van der Waals surface area (Å²) in [5.41, 5.74) is 1.11. The van der Waals surface area contributed by atoms with Gasteiger partial charge in [0.15, 0.2) is 0 Å². The summed E-state index contributed by atoms with van der Waals surface area (Å²) in [5, 5.41) is 6.72. The van der Waals surface area contributed by atoms with E-state index in [2.05, 4.69) is 53.5 Å². The summed E-state index contributed by atoms with van der Waals surface area (Å²) in [7, 11) is 1.85. The topological polar surface area (TPSA) is 49.8 Å². The average molecular weight is 272 g/mol. The van der Waals surface area contributed by atoms with Crippen LogP contribution in [0.5, 0.6) is 0 Å². The zero-order chi connectivity index (χ0) is 14.3. The summed E-state index contributed by atoms with van der Waals surface area (Å²) in [6.45, 7) is 6.73. The summed E-state index contributed by atoms with van der Waals surface area (Å²) in [4.78, 5) is 8.83. The van der Waals surface area contributed by atoms with Gasteiger partial charge in [-0.25, -0.2) is 4.98 Å². The first-order valence-corrected chi connectivity index (χ1v) is 7.56. The van der Waals surface area contributed by atoms with Gasteiger partial charge in [-0.1, -0.05) is 26.0 Å². The summed E-state index contributed by atoms with van der Waals surface area (Å²) < 4.78 is 0. The van der Waals surface area contributed by atoms with Gasteiger partial charge in [0.2, 0.25) is 5.95 Å². The maximum Gasteiger partial charge on any atom is 0.224 e. The van der Waals surface area contributed by atoms with Gasteiger partial charge < -0.3 is 10.6 Å². The Morgan fingerprint density at radius 3 is 2.70 bits per heavy atom. The first kappa shape index (κ1) is 13.4. The first-order valence-electron chi connectivity index (χ1n) is 7.56. The molecule has 2 bridgehead atoms. The lowest BCUT2D eigenvalue weighted by Crippen LogP contribution is -2.36. The van der Waals surface area contributed by atoms with Crippen LogP contribution in [-0.2, 0) is 0 Å². The Morgan fingerprint density at radius 1 is 1.25 bits per heavy atom. The van der Waals surface area contributed by atoms with Gasteiger partial charge in [0.05, 0.1) is 0 Å². The van der Waals surface area contributed by atoms with Gasteiger partial charge in [0.25, 0.3) is 0 Å². The molecule has 0 radical (unpaired) electrons. The second-order valence-electron chi connectivity index (χ2n) is 6.42. The summed E-state index contributed by atoms with van der Waals surface area (Å²) in [6, 6.07) is 0.503. The predicted octanol–water partition coefficient (Wildman–Crippen LogP) is 3.09. The van der Waals surface area contributed by atoms with E-state index in [1.165, 1.54) is 6.42 Å². The van der Waals surface area contributed by atoms with Crippen molar-refractivity contribution in [3.05, 3.63) is 23.9 Å². The van der Waals surface area contributed by atoms with Crippen molar-refractivity contribution in [2.45, 2.75) is 33.2 Å². The zero-order valence-corrected chi connectivity index (χ0v) is 12.7. The largest absolute Gasteiger partial charge is 0.366 e. The second-order valence-corrected chi connectivity index (χ2v) is 6.42. The molecule has 0 amide bonds. The zero-order valence-electron chi connectivity index (χ0n) is 12.7. The minimum atomic E-state index is 0.503. The van der Waals surface area contributed by atoms with Crippen LogP contribution in [0.15, 0.2) is 18.3 Å². The normalized spacial score (nSPS) is 31.1. The number of nitrogens with zero attached hydrogens (tertiary/aromatic N) is 2. The quantitative estimate of drug-likeness (QED) is 0.827. The van der Waals surface area contributed by atoms with Crippen molar-refractivity contribution >= 4 is 11.8 Å². The number of allylic oxidation sites excluding steroid dienone is 1. The van der Waals surface area contributed by atoms with E-state index in [9.17, 15) is 0 Å². The van der Waals surface area contributed by atoms with Crippen molar-refractivity contribution in [2.75, 3.05) is 17.7 Å². The summed E-state index contributed by atoms with van der Waals surface area (Å²) in [5.74, 6) is 4.44. The molecular formula is C16H24N4. The summed E-state index contributed by atoms with van der Waals surface area (Å²) >= 11 is 0. The van der Waals surface area contributed by atoms with Crippen LogP contribution in [0.1, 0.15) is 25.8 Å². The lowest BCUT2D eigenvalue weighted by atomic mass is 9.80. The van der Waals surface area contributed by atoms with Gasteiger partial charge in [0.1, 0.15) is 5.82 Å². The maximum atomic E-state index is 4.57. The molecule has 4 heteroatoms. The molecule has 1 aromatic heterocycles. The second kappa shape index (κ2) is 5.08. The van der Waals surface area contributed by atoms with Crippen molar-refractivity contribution in [3.8, 4) is 0 Å². The van der Waals surface area contributed by atoms with E-state index in [0.29, 0.717) is 29.7 Å². The predicted molar refractivity (Wildman–Crippen MR) is 82.8 cm³/mol. The van der Waals surface area contributed by atoms with Gasteiger partial charge in [-0.15, -0.1) is 0 Å². The Morgan fingerprint density at radius 2 is 2.00 bits per heavy atom. The van der Waals surface area contributed by atoms with Crippen LogP contribution in [0.3, 0.4) is 0 Å². The molecule has 2 aliphatic rings. The molecule has 108 valence electrons. The third-order valence-electron chi connectivity index (χ3n) is 4.79. The number of fused-ring (bicyclic) bond motifs is 2. The monoisotopic (exact) mass is 272 g/mol. The lowest BCUT2D eigenvalue weighted by molar-refractivity contribution is 0.307. The average Bonchev–Trinajstić information content (AvgIpc) is 3.01. The molecule has 3 rings (SSSR count). The Balaban J connectivity index is 1.85. The fourth-order valence-electron chi connectivity index (χ4n) is 3.84. The van der Waals surface area contributed by atoms with Crippen molar-refractivity contribution < 1.29 is 0 Å². The van der Waals surface area contributed by atoms with Gasteiger partial charge in [-0.05, 0) is 37.0 Å². The highest BCUT2D eigenvalue weighted by molar-refractivity contribution is 5.48. The minimum absolute atomic E-state index is 0.503. The van der Waals surface area contributed by atoms with Crippen molar-refractivity contribution in [1.82, 2.24) is 9.97 Å². The molecule has 0 saturated heterocycles. The number of aromatic nitrogens is 2. The Kier molecular flexibility index (Phi) is 3.40. The first-order chi connectivity index (χ1) is 9.60. The third kappa shape index (κ3) is 2.17. The van der Waals surface area contributed by atoms with Crippen molar-refractivity contribution in [1.29, 1.82) is 0 Å². The van der Waals surface area contributed by atoms with Crippen LogP contribution in [0.25, 0.3) is 0 Å². The van der Waals surface area contributed by atoms with Gasteiger partial charge >= 0.3 is 0 Å². The number of nitrogens with one attached hydrogen (secondary N) is 2. The highest BCUT2D eigenvalue weighted by Crippen LogP contribution is 2.48. The van der Waals surface area contributed by atoms with E-state index in [0.717, 1.165) is 17.3 Å². The van der Waals surface area contributed by atoms with Crippen LogP contribution in [0, 0.1) is 30.6 Å². The number of aryl methyl sites for hydroxylation is 1. The molecule has 0 spiro atoms. The molecule has 4 nitrogen and oxygen atoms in total. The smallest absolute Gasteiger partial charge is 0.224 e. The molecule has 2 N–H and O–H groups in total. The molecule has 0 aromatic carbocycles. The van der Waals surface area contributed by atoms with Gasteiger partial charge in [0, 0.05) is 24.8 Å². The van der Waals surface area contributed by atoms with E-state index in [4.69, 9.17) is 0 Å². The van der Waals surface area contributed by atoms with E-state index in [-0.39, 0.29) is 0 Å². The van der Waals surface area contributed by atoms with Crippen molar-refractivity contribution in [2.24, 2.45) is 23.7 Å². The number of hydrogen-bond donors (Lipinski definition) is 2. The Labute approximate surface area is 121 Å². The minimum Gasteiger partial charge on any atom is -0.366 e. The standard InChI is InChI=1S/C16H24N4/c1-9(2)13-11-5-6-12(7-11)14(13)19-15-10(3)8-18-16(17-4)20-15/h5-6,8-9,11-14H,7H2,1-4H3,(H2,17,18,19,20). The molecular weight excluding hydrogens is 248 g/mol. The van der Waals surface area contributed by atoms with E-state index in [1.807, 2.05) is 13.2 Å². The van der Waals surface area contributed by atoms with Crippen LogP contribution >= 0.6 is 0 Å². The highest BCUT2D eigenvalue weighted by Gasteiger charge is 2.45. The van der Waals surface area contributed by atoms with Crippen LogP contribution < -0.4 is 10.6 Å². The fourth-order valence-corrected chi connectivity index (χ4v) is 3.84. The number of anilines is 2. The maximum absolute atomic E-state index is 4.57. The SMILES string of the molecule is CNc1ncc(C)c(NC2C3C=CC(C3)C2C(C)C)n1. The van der Waals surface area contributed by atoms with Crippen molar-refractivity contribution in [3.63, 3.8) is 0 Å². The summed E-state index contributed by atoms with van der Waals surface area (Å²) in [6.07, 6.45) is 7.98. The molecule has 1 saturated carbocycles. The highest BCUT2D eigenvalue weighted by atomic mass is 15.1. The van der Waals surface area contributed by atoms with E-state index >= 15 is 0 Å².